The molecule has 0 aliphatic heterocycles. The van der Waals surface area contributed by atoms with Gasteiger partial charge in [0.25, 0.3) is 0 Å². The molecule has 3 rings (SSSR count). The Balaban J connectivity index is 1.76. The monoisotopic (exact) mass is 286 g/mol. The van der Waals surface area contributed by atoms with Crippen LogP contribution in [0.4, 0.5) is 4.39 Å². The van der Waals surface area contributed by atoms with Crippen LogP contribution in [0.1, 0.15) is 10.4 Å². The number of thiophene rings is 1. The van der Waals surface area contributed by atoms with E-state index in [1.54, 1.807) is 41.9 Å². The fourth-order valence-corrected chi connectivity index (χ4v) is 2.45. The number of rotatable bonds is 4. The van der Waals surface area contributed by atoms with Gasteiger partial charge in [-0.15, -0.1) is 11.3 Å². The third-order valence-electron chi connectivity index (χ3n) is 2.82. The van der Waals surface area contributed by atoms with Gasteiger partial charge >= 0.3 is 0 Å². The Morgan fingerprint density at radius 3 is 3.05 bits per heavy atom. The quantitative estimate of drug-likeness (QED) is 0.537. The number of halogens is 1. The van der Waals surface area contributed by atoms with Gasteiger partial charge in [0.1, 0.15) is 12.4 Å². The predicted molar refractivity (Wildman–Crippen MR) is 78.4 cm³/mol. The molecular formula is C15H11FN2OS. The van der Waals surface area contributed by atoms with E-state index in [1.807, 2.05) is 17.5 Å². The molecule has 0 bridgehead atoms. The highest BCUT2D eigenvalue weighted by Gasteiger charge is 2.06. The van der Waals surface area contributed by atoms with Crippen LogP contribution >= 0.6 is 11.3 Å². The second kappa shape index (κ2) is 5.79. The Bertz CT molecular complexity index is 741. The number of hydrogen-bond donors (Lipinski definition) is 0. The lowest BCUT2D eigenvalue weighted by molar-refractivity contribution is 0.133. The van der Waals surface area contributed by atoms with Crippen molar-refractivity contribution in [2.75, 3.05) is 0 Å². The standard InChI is InChI=1S/C15H11FN2OS/c16-14-6-5-11(15-13(14)4-1-7-17-15)10-19-18-9-12-3-2-8-20-12/h1-9H,10H2/b18-9+. The van der Waals surface area contributed by atoms with Gasteiger partial charge in [0.05, 0.1) is 11.7 Å². The molecule has 0 fully saturated rings. The van der Waals surface area contributed by atoms with Crippen LogP contribution in [0.3, 0.4) is 0 Å². The van der Waals surface area contributed by atoms with Crippen LogP contribution < -0.4 is 0 Å². The molecule has 0 atom stereocenters. The number of oxime groups is 1. The summed E-state index contributed by atoms with van der Waals surface area (Å²) in [6.07, 6.45) is 3.30. The summed E-state index contributed by atoms with van der Waals surface area (Å²) in [5, 5.41) is 6.37. The van der Waals surface area contributed by atoms with Gasteiger partial charge in [0.15, 0.2) is 0 Å². The highest BCUT2D eigenvalue weighted by atomic mass is 32.1. The number of fused-ring (bicyclic) bond motifs is 1. The van der Waals surface area contributed by atoms with Crippen molar-refractivity contribution in [1.82, 2.24) is 4.98 Å². The Morgan fingerprint density at radius 2 is 2.20 bits per heavy atom. The van der Waals surface area contributed by atoms with Crippen molar-refractivity contribution in [2.45, 2.75) is 6.61 Å². The van der Waals surface area contributed by atoms with E-state index < -0.39 is 0 Å². The average Bonchev–Trinajstić information content (AvgIpc) is 2.99. The molecule has 0 saturated carbocycles. The second-order valence-electron chi connectivity index (χ2n) is 4.13. The van der Waals surface area contributed by atoms with Crippen molar-refractivity contribution in [2.24, 2.45) is 5.16 Å². The Labute approximate surface area is 119 Å². The van der Waals surface area contributed by atoms with Gasteiger partial charge in [-0.1, -0.05) is 17.3 Å². The number of hydrogen-bond acceptors (Lipinski definition) is 4. The minimum absolute atomic E-state index is 0.260. The van der Waals surface area contributed by atoms with E-state index in [2.05, 4.69) is 10.1 Å². The van der Waals surface area contributed by atoms with E-state index in [0.717, 1.165) is 10.4 Å². The lowest BCUT2D eigenvalue weighted by Gasteiger charge is -2.05. The van der Waals surface area contributed by atoms with E-state index in [4.69, 9.17) is 4.84 Å². The summed E-state index contributed by atoms with van der Waals surface area (Å²) in [4.78, 5) is 10.5. The topological polar surface area (TPSA) is 34.5 Å². The van der Waals surface area contributed by atoms with Gasteiger partial charge in [0.2, 0.25) is 0 Å². The van der Waals surface area contributed by atoms with Crippen molar-refractivity contribution < 1.29 is 9.23 Å². The highest BCUT2D eigenvalue weighted by Crippen LogP contribution is 2.20. The van der Waals surface area contributed by atoms with Crippen molar-refractivity contribution in [1.29, 1.82) is 0 Å². The maximum Gasteiger partial charge on any atom is 0.144 e. The molecule has 0 unspecified atom stereocenters. The van der Waals surface area contributed by atoms with Gasteiger partial charge in [0, 0.05) is 22.0 Å². The molecule has 5 heteroatoms. The Kier molecular flexibility index (Phi) is 3.69. The minimum atomic E-state index is -0.279. The van der Waals surface area contributed by atoms with E-state index in [1.165, 1.54) is 6.07 Å². The molecule has 20 heavy (non-hydrogen) atoms. The summed E-state index contributed by atoms with van der Waals surface area (Å²) in [7, 11) is 0. The molecule has 0 radical (unpaired) electrons. The molecule has 0 amide bonds. The van der Waals surface area contributed by atoms with E-state index in [0.29, 0.717) is 10.9 Å². The van der Waals surface area contributed by atoms with Crippen LogP contribution in [0.5, 0.6) is 0 Å². The van der Waals surface area contributed by atoms with E-state index in [9.17, 15) is 4.39 Å². The molecule has 3 aromatic rings. The molecule has 0 aliphatic carbocycles. The first-order chi connectivity index (χ1) is 9.84. The van der Waals surface area contributed by atoms with Gasteiger partial charge < -0.3 is 4.84 Å². The molecule has 2 aromatic heterocycles. The summed E-state index contributed by atoms with van der Waals surface area (Å²) in [6, 6.07) is 10.4. The summed E-state index contributed by atoms with van der Waals surface area (Å²) < 4.78 is 13.6. The van der Waals surface area contributed by atoms with Gasteiger partial charge in [-0.3, -0.25) is 4.98 Å². The van der Waals surface area contributed by atoms with Crippen LogP contribution in [0, 0.1) is 5.82 Å². The molecule has 0 spiro atoms. The lowest BCUT2D eigenvalue weighted by atomic mass is 10.1. The summed E-state index contributed by atoms with van der Waals surface area (Å²) in [5.74, 6) is -0.279. The third-order valence-corrected chi connectivity index (χ3v) is 3.62. The zero-order valence-electron chi connectivity index (χ0n) is 10.5. The second-order valence-corrected chi connectivity index (χ2v) is 5.11. The molecule has 1 aromatic carbocycles. The van der Waals surface area contributed by atoms with Crippen molar-refractivity contribution in [3.05, 3.63) is 64.2 Å². The van der Waals surface area contributed by atoms with Crippen molar-refractivity contribution >= 4 is 28.5 Å². The maximum atomic E-state index is 13.6. The van der Waals surface area contributed by atoms with Gasteiger partial charge in [-0.25, -0.2) is 4.39 Å². The zero-order valence-corrected chi connectivity index (χ0v) is 11.3. The first-order valence-corrected chi connectivity index (χ1v) is 6.93. The molecule has 3 nitrogen and oxygen atoms in total. The number of nitrogens with zero attached hydrogens (tertiary/aromatic N) is 2. The van der Waals surface area contributed by atoms with Crippen molar-refractivity contribution in [3.63, 3.8) is 0 Å². The molecule has 0 N–H and O–H groups in total. The molecule has 100 valence electrons. The Morgan fingerprint density at radius 1 is 1.25 bits per heavy atom. The zero-order chi connectivity index (χ0) is 13.8. The van der Waals surface area contributed by atoms with Crippen LogP contribution in [0.15, 0.2) is 53.1 Å². The molecule has 2 heterocycles. The lowest BCUT2D eigenvalue weighted by Crippen LogP contribution is -1.93. The van der Waals surface area contributed by atoms with E-state index >= 15 is 0 Å². The highest BCUT2D eigenvalue weighted by molar-refractivity contribution is 7.11. The summed E-state index contributed by atoms with van der Waals surface area (Å²) >= 11 is 1.58. The fraction of sp³-hybridized carbons (Fsp3) is 0.0667. The van der Waals surface area contributed by atoms with Crippen LogP contribution in [0.2, 0.25) is 0 Å². The fourth-order valence-electron chi connectivity index (χ4n) is 1.87. The molecule has 0 saturated heterocycles. The summed E-state index contributed by atoms with van der Waals surface area (Å²) in [5.41, 5.74) is 1.42. The first kappa shape index (κ1) is 12.7. The van der Waals surface area contributed by atoms with Crippen LogP contribution in [-0.4, -0.2) is 11.2 Å². The number of aromatic nitrogens is 1. The maximum absolute atomic E-state index is 13.6. The normalized spacial score (nSPS) is 11.2. The van der Waals surface area contributed by atoms with Crippen LogP contribution in [-0.2, 0) is 11.4 Å². The summed E-state index contributed by atoms with van der Waals surface area (Å²) in [6.45, 7) is 0.260. The van der Waals surface area contributed by atoms with Crippen LogP contribution in [0.25, 0.3) is 10.9 Å². The average molecular weight is 286 g/mol. The smallest absolute Gasteiger partial charge is 0.144 e. The SMILES string of the molecule is Fc1ccc(CO/N=C/c2cccs2)c2ncccc12. The van der Waals surface area contributed by atoms with Crippen molar-refractivity contribution in [3.8, 4) is 0 Å². The number of benzene rings is 1. The predicted octanol–water partition coefficient (Wildman–Crippen LogP) is 3.99. The largest absolute Gasteiger partial charge is 0.391 e. The number of pyridine rings is 1. The third kappa shape index (κ3) is 2.67. The molecule has 0 aliphatic rings. The molecular weight excluding hydrogens is 275 g/mol. The van der Waals surface area contributed by atoms with Gasteiger partial charge in [-0.2, -0.15) is 0 Å². The Hall–Kier alpha value is -2.27. The minimum Gasteiger partial charge on any atom is -0.391 e. The van der Waals surface area contributed by atoms with E-state index in [-0.39, 0.29) is 12.4 Å². The van der Waals surface area contributed by atoms with Gasteiger partial charge in [-0.05, 0) is 29.6 Å². The first-order valence-electron chi connectivity index (χ1n) is 6.05.